The number of rotatable bonds is 1. The lowest BCUT2D eigenvalue weighted by Crippen LogP contribution is -2.02. The standard InChI is InChI=1S/C11H11Br2N3/c1-6-3-8(12)11(9(13)4-6)16-7(2)5-10(14)15-16/h3-5H,1-2H3,(H2,14,15). The molecule has 0 spiro atoms. The average molecular weight is 345 g/mol. The van der Waals surface area contributed by atoms with Crippen molar-refractivity contribution < 1.29 is 0 Å². The van der Waals surface area contributed by atoms with Crippen molar-refractivity contribution in [2.24, 2.45) is 0 Å². The van der Waals surface area contributed by atoms with Crippen LogP contribution >= 0.6 is 31.9 Å². The summed E-state index contributed by atoms with van der Waals surface area (Å²) in [6, 6.07) is 5.95. The molecule has 0 radical (unpaired) electrons. The molecule has 0 unspecified atom stereocenters. The number of aromatic nitrogens is 2. The molecule has 0 amide bonds. The van der Waals surface area contributed by atoms with Gasteiger partial charge in [0.1, 0.15) is 5.82 Å². The van der Waals surface area contributed by atoms with E-state index in [0.29, 0.717) is 5.82 Å². The van der Waals surface area contributed by atoms with E-state index in [4.69, 9.17) is 5.73 Å². The van der Waals surface area contributed by atoms with E-state index in [1.807, 2.05) is 24.6 Å². The van der Waals surface area contributed by atoms with Crippen molar-refractivity contribution in [2.75, 3.05) is 5.73 Å². The largest absolute Gasteiger partial charge is 0.382 e. The molecule has 0 aliphatic rings. The van der Waals surface area contributed by atoms with Crippen molar-refractivity contribution in [3.05, 3.63) is 38.4 Å². The third-order valence-corrected chi connectivity index (χ3v) is 3.49. The van der Waals surface area contributed by atoms with Crippen LogP contribution in [-0.4, -0.2) is 9.78 Å². The molecule has 0 atom stereocenters. The Hall–Kier alpha value is -0.810. The summed E-state index contributed by atoms with van der Waals surface area (Å²) in [5, 5.41) is 4.27. The Morgan fingerprint density at radius 3 is 2.12 bits per heavy atom. The fourth-order valence-electron chi connectivity index (χ4n) is 1.62. The van der Waals surface area contributed by atoms with Gasteiger partial charge < -0.3 is 5.73 Å². The zero-order valence-electron chi connectivity index (χ0n) is 8.96. The fraction of sp³-hybridized carbons (Fsp3) is 0.182. The highest BCUT2D eigenvalue weighted by Gasteiger charge is 2.12. The smallest absolute Gasteiger partial charge is 0.146 e. The van der Waals surface area contributed by atoms with Crippen LogP contribution in [0.3, 0.4) is 0 Å². The predicted molar refractivity (Wildman–Crippen MR) is 72.9 cm³/mol. The first-order valence-corrected chi connectivity index (χ1v) is 6.36. The van der Waals surface area contributed by atoms with Crippen LogP contribution in [0.4, 0.5) is 5.82 Å². The van der Waals surface area contributed by atoms with Gasteiger partial charge >= 0.3 is 0 Å². The molecule has 1 aromatic heterocycles. The van der Waals surface area contributed by atoms with Gasteiger partial charge in [-0.3, -0.25) is 0 Å². The summed E-state index contributed by atoms with van der Waals surface area (Å²) in [6.07, 6.45) is 0. The molecule has 2 aromatic rings. The summed E-state index contributed by atoms with van der Waals surface area (Å²) >= 11 is 7.09. The molecule has 16 heavy (non-hydrogen) atoms. The Balaban J connectivity index is 2.69. The number of nitrogen functional groups attached to an aromatic ring is 1. The molecular formula is C11H11Br2N3. The van der Waals surface area contributed by atoms with E-state index in [0.717, 1.165) is 20.3 Å². The summed E-state index contributed by atoms with van der Waals surface area (Å²) in [5.74, 6) is 0.525. The average Bonchev–Trinajstić information content (AvgIpc) is 2.43. The Morgan fingerprint density at radius 1 is 1.12 bits per heavy atom. The van der Waals surface area contributed by atoms with E-state index < -0.39 is 0 Å². The number of anilines is 1. The molecule has 2 rings (SSSR count). The minimum Gasteiger partial charge on any atom is -0.382 e. The Labute approximate surface area is 111 Å². The third kappa shape index (κ3) is 2.01. The van der Waals surface area contributed by atoms with E-state index in [1.54, 1.807) is 0 Å². The lowest BCUT2D eigenvalue weighted by atomic mass is 10.2. The Bertz CT molecular complexity index is 523. The lowest BCUT2D eigenvalue weighted by Gasteiger charge is -2.10. The number of nitrogens with two attached hydrogens (primary N) is 1. The van der Waals surface area contributed by atoms with E-state index in [-0.39, 0.29) is 0 Å². The molecule has 0 saturated carbocycles. The van der Waals surface area contributed by atoms with Crippen LogP contribution in [0.1, 0.15) is 11.3 Å². The van der Waals surface area contributed by atoms with Crippen LogP contribution in [0.2, 0.25) is 0 Å². The molecule has 0 fully saturated rings. The number of aryl methyl sites for hydroxylation is 2. The van der Waals surface area contributed by atoms with Gasteiger partial charge in [-0.05, 0) is 63.4 Å². The molecule has 1 aromatic carbocycles. The van der Waals surface area contributed by atoms with E-state index >= 15 is 0 Å². The summed E-state index contributed by atoms with van der Waals surface area (Å²) in [4.78, 5) is 0. The van der Waals surface area contributed by atoms with Crippen LogP contribution < -0.4 is 5.73 Å². The van der Waals surface area contributed by atoms with Crippen LogP contribution in [-0.2, 0) is 0 Å². The van der Waals surface area contributed by atoms with Crippen molar-refractivity contribution in [1.29, 1.82) is 0 Å². The van der Waals surface area contributed by atoms with Gasteiger partial charge in [0.2, 0.25) is 0 Å². The molecule has 0 bridgehead atoms. The maximum absolute atomic E-state index is 5.68. The lowest BCUT2D eigenvalue weighted by molar-refractivity contribution is 0.842. The molecule has 5 heteroatoms. The van der Waals surface area contributed by atoms with Gasteiger partial charge in [0.25, 0.3) is 0 Å². The minimum atomic E-state index is 0.525. The van der Waals surface area contributed by atoms with Gasteiger partial charge in [0.15, 0.2) is 0 Å². The van der Waals surface area contributed by atoms with Crippen LogP contribution in [0.15, 0.2) is 27.1 Å². The number of halogens is 2. The Kier molecular flexibility index (Phi) is 3.08. The minimum absolute atomic E-state index is 0.525. The van der Waals surface area contributed by atoms with Gasteiger partial charge in [0, 0.05) is 20.7 Å². The van der Waals surface area contributed by atoms with Crippen LogP contribution in [0, 0.1) is 13.8 Å². The summed E-state index contributed by atoms with van der Waals surface area (Å²) in [6.45, 7) is 4.02. The quantitative estimate of drug-likeness (QED) is 0.859. The van der Waals surface area contributed by atoms with Gasteiger partial charge in [-0.2, -0.15) is 5.10 Å². The predicted octanol–water partition coefficient (Wildman–Crippen LogP) is 3.60. The topological polar surface area (TPSA) is 43.8 Å². The van der Waals surface area contributed by atoms with Gasteiger partial charge in [-0.25, -0.2) is 4.68 Å². The highest BCUT2D eigenvalue weighted by atomic mass is 79.9. The summed E-state index contributed by atoms with van der Waals surface area (Å²) in [7, 11) is 0. The summed E-state index contributed by atoms with van der Waals surface area (Å²) in [5.41, 5.74) is 8.84. The third-order valence-electron chi connectivity index (χ3n) is 2.28. The molecule has 0 saturated heterocycles. The molecule has 0 aliphatic carbocycles. The SMILES string of the molecule is Cc1cc(Br)c(-n2nc(N)cc2C)c(Br)c1. The molecule has 0 aliphatic heterocycles. The number of hydrogen-bond acceptors (Lipinski definition) is 2. The molecule has 1 heterocycles. The maximum atomic E-state index is 5.68. The molecule has 2 N–H and O–H groups in total. The highest BCUT2D eigenvalue weighted by Crippen LogP contribution is 2.31. The number of hydrogen-bond donors (Lipinski definition) is 1. The van der Waals surface area contributed by atoms with E-state index in [1.165, 1.54) is 5.56 Å². The maximum Gasteiger partial charge on any atom is 0.146 e. The first-order chi connectivity index (χ1) is 7.49. The number of benzene rings is 1. The zero-order valence-corrected chi connectivity index (χ0v) is 12.1. The second kappa shape index (κ2) is 4.22. The monoisotopic (exact) mass is 343 g/mol. The normalized spacial score (nSPS) is 10.8. The van der Waals surface area contributed by atoms with Gasteiger partial charge in [0.05, 0.1) is 5.69 Å². The highest BCUT2D eigenvalue weighted by molar-refractivity contribution is 9.11. The first-order valence-electron chi connectivity index (χ1n) is 4.77. The van der Waals surface area contributed by atoms with E-state index in [2.05, 4.69) is 49.1 Å². The molecule has 3 nitrogen and oxygen atoms in total. The van der Waals surface area contributed by atoms with Crippen molar-refractivity contribution in [3.8, 4) is 5.69 Å². The summed E-state index contributed by atoms with van der Waals surface area (Å²) < 4.78 is 3.80. The van der Waals surface area contributed by atoms with E-state index in [9.17, 15) is 0 Å². The van der Waals surface area contributed by atoms with Crippen molar-refractivity contribution >= 4 is 37.7 Å². The zero-order chi connectivity index (χ0) is 11.9. The molecule has 84 valence electrons. The van der Waals surface area contributed by atoms with Crippen molar-refractivity contribution in [3.63, 3.8) is 0 Å². The fourth-order valence-corrected chi connectivity index (χ4v) is 3.37. The second-order valence-corrected chi connectivity index (χ2v) is 5.41. The first kappa shape index (κ1) is 11.7. The van der Waals surface area contributed by atoms with Gasteiger partial charge in [-0.1, -0.05) is 0 Å². The number of nitrogens with zero attached hydrogens (tertiary/aromatic N) is 2. The van der Waals surface area contributed by atoms with Crippen LogP contribution in [0.5, 0.6) is 0 Å². The van der Waals surface area contributed by atoms with Crippen molar-refractivity contribution in [2.45, 2.75) is 13.8 Å². The van der Waals surface area contributed by atoms with Crippen molar-refractivity contribution in [1.82, 2.24) is 9.78 Å². The molecular weight excluding hydrogens is 334 g/mol. The second-order valence-electron chi connectivity index (χ2n) is 3.70. The van der Waals surface area contributed by atoms with Crippen LogP contribution in [0.25, 0.3) is 5.69 Å². The van der Waals surface area contributed by atoms with Gasteiger partial charge in [-0.15, -0.1) is 0 Å². The Morgan fingerprint density at radius 2 is 1.69 bits per heavy atom.